The van der Waals surface area contributed by atoms with Crippen molar-refractivity contribution in [3.05, 3.63) is 29.6 Å². The SMILES string of the molecule is O=C(CCN1CCOCC1)NCc1ncc(F)cc1F. The van der Waals surface area contributed by atoms with E-state index < -0.39 is 11.6 Å². The molecule has 0 radical (unpaired) electrons. The lowest BCUT2D eigenvalue weighted by Crippen LogP contribution is -2.38. The molecule has 0 spiro atoms. The zero-order valence-electron chi connectivity index (χ0n) is 11.1. The van der Waals surface area contributed by atoms with Crippen LogP contribution in [-0.2, 0) is 16.1 Å². The van der Waals surface area contributed by atoms with E-state index in [1.165, 1.54) is 0 Å². The molecule has 0 aliphatic carbocycles. The first kappa shape index (κ1) is 14.8. The monoisotopic (exact) mass is 285 g/mol. The molecule has 1 fully saturated rings. The quantitative estimate of drug-likeness (QED) is 0.865. The number of rotatable bonds is 5. The van der Waals surface area contributed by atoms with Gasteiger partial charge in [0.1, 0.15) is 11.6 Å². The third kappa shape index (κ3) is 4.50. The molecular formula is C13H17F2N3O2. The van der Waals surface area contributed by atoms with Gasteiger partial charge in [0.15, 0.2) is 0 Å². The Morgan fingerprint density at radius 3 is 2.85 bits per heavy atom. The summed E-state index contributed by atoms with van der Waals surface area (Å²) in [5.74, 6) is -1.66. The van der Waals surface area contributed by atoms with Crippen molar-refractivity contribution >= 4 is 5.91 Å². The van der Waals surface area contributed by atoms with Gasteiger partial charge in [-0.15, -0.1) is 0 Å². The fourth-order valence-corrected chi connectivity index (χ4v) is 1.93. The molecule has 0 atom stereocenters. The molecule has 20 heavy (non-hydrogen) atoms. The summed E-state index contributed by atoms with van der Waals surface area (Å²) < 4.78 is 31.2. The maximum Gasteiger partial charge on any atom is 0.221 e. The van der Waals surface area contributed by atoms with Crippen molar-refractivity contribution < 1.29 is 18.3 Å². The van der Waals surface area contributed by atoms with Crippen molar-refractivity contribution in [1.29, 1.82) is 0 Å². The van der Waals surface area contributed by atoms with E-state index in [0.29, 0.717) is 26.2 Å². The van der Waals surface area contributed by atoms with E-state index in [0.717, 1.165) is 25.4 Å². The summed E-state index contributed by atoms with van der Waals surface area (Å²) >= 11 is 0. The topological polar surface area (TPSA) is 54.5 Å². The van der Waals surface area contributed by atoms with E-state index in [4.69, 9.17) is 4.74 Å². The van der Waals surface area contributed by atoms with Crippen LogP contribution in [0.4, 0.5) is 8.78 Å². The zero-order chi connectivity index (χ0) is 14.4. The molecule has 1 aromatic rings. The molecule has 1 aromatic heterocycles. The number of nitrogens with one attached hydrogen (secondary N) is 1. The molecule has 0 unspecified atom stereocenters. The average Bonchev–Trinajstić information content (AvgIpc) is 2.45. The van der Waals surface area contributed by atoms with Gasteiger partial charge < -0.3 is 10.1 Å². The van der Waals surface area contributed by atoms with Crippen LogP contribution in [0.5, 0.6) is 0 Å². The molecule has 1 aliphatic rings. The van der Waals surface area contributed by atoms with Crippen LogP contribution in [0.3, 0.4) is 0 Å². The van der Waals surface area contributed by atoms with Crippen LogP contribution in [0.2, 0.25) is 0 Å². The average molecular weight is 285 g/mol. The van der Waals surface area contributed by atoms with E-state index in [1.807, 2.05) is 0 Å². The number of ether oxygens (including phenoxy) is 1. The van der Waals surface area contributed by atoms with Gasteiger partial charge in [0.05, 0.1) is 31.6 Å². The van der Waals surface area contributed by atoms with Gasteiger partial charge >= 0.3 is 0 Å². The zero-order valence-corrected chi connectivity index (χ0v) is 11.1. The number of halogens is 2. The Bertz CT molecular complexity index is 465. The van der Waals surface area contributed by atoms with Gasteiger partial charge in [0.25, 0.3) is 0 Å². The van der Waals surface area contributed by atoms with Crippen molar-refractivity contribution in [3.63, 3.8) is 0 Å². The van der Waals surface area contributed by atoms with Crippen LogP contribution in [-0.4, -0.2) is 48.6 Å². The fourth-order valence-electron chi connectivity index (χ4n) is 1.93. The van der Waals surface area contributed by atoms with Crippen molar-refractivity contribution in [2.75, 3.05) is 32.8 Å². The lowest BCUT2D eigenvalue weighted by atomic mass is 10.3. The normalized spacial score (nSPS) is 16.1. The van der Waals surface area contributed by atoms with Crippen LogP contribution >= 0.6 is 0 Å². The van der Waals surface area contributed by atoms with Gasteiger partial charge in [-0.3, -0.25) is 14.7 Å². The van der Waals surface area contributed by atoms with E-state index in [-0.39, 0.29) is 18.1 Å². The molecule has 2 rings (SSSR count). The molecule has 1 aliphatic heterocycles. The van der Waals surface area contributed by atoms with Crippen molar-refractivity contribution in [1.82, 2.24) is 15.2 Å². The van der Waals surface area contributed by atoms with Crippen LogP contribution in [0.1, 0.15) is 12.1 Å². The van der Waals surface area contributed by atoms with Crippen LogP contribution in [0.25, 0.3) is 0 Å². The predicted octanol–water partition coefficient (Wildman–Crippen LogP) is 0.698. The third-order valence-corrected chi connectivity index (χ3v) is 3.10. The number of carbonyl (C=O) groups excluding carboxylic acids is 1. The Morgan fingerprint density at radius 1 is 1.40 bits per heavy atom. The smallest absolute Gasteiger partial charge is 0.221 e. The van der Waals surface area contributed by atoms with Gasteiger partial charge in [0, 0.05) is 32.1 Å². The van der Waals surface area contributed by atoms with Crippen molar-refractivity contribution in [2.24, 2.45) is 0 Å². The molecule has 0 bridgehead atoms. The minimum Gasteiger partial charge on any atom is -0.379 e. The number of morpholine rings is 1. The van der Waals surface area contributed by atoms with E-state index in [2.05, 4.69) is 15.2 Å². The minimum atomic E-state index is -0.751. The highest BCUT2D eigenvalue weighted by Gasteiger charge is 2.12. The highest BCUT2D eigenvalue weighted by atomic mass is 19.1. The van der Waals surface area contributed by atoms with E-state index in [9.17, 15) is 13.6 Å². The first-order valence-electron chi connectivity index (χ1n) is 6.52. The number of carbonyl (C=O) groups is 1. The number of hydrogen-bond donors (Lipinski definition) is 1. The Morgan fingerprint density at radius 2 is 2.15 bits per heavy atom. The molecule has 0 saturated carbocycles. The van der Waals surface area contributed by atoms with Gasteiger partial charge in [0.2, 0.25) is 5.91 Å². The Hall–Kier alpha value is -1.60. The highest BCUT2D eigenvalue weighted by molar-refractivity contribution is 5.76. The number of aromatic nitrogens is 1. The largest absolute Gasteiger partial charge is 0.379 e. The standard InChI is InChI=1S/C13H17F2N3O2/c14-10-7-11(15)12(16-8-10)9-17-13(19)1-2-18-3-5-20-6-4-18/h7-8H,1-6,9H2,(H,17,19). The van der Waals surface area contributed by atoms with E-state index >= 15 is 0 Å². The Labute approximate surface area is 115 Å². The molecule has 110 valence electrons. The molecule has 1 N–H and O–H groups in total. The molecule has 1 amide bonds. The molecule has 7 heteroatoms. The lowest BCUT2D eigenvalue weighted by molar-refractivity contribution is -0.121. The van der Waals surface area contributed by atoms with Crippen LogP contribution < -0.4 is 5.32 Å². The fraction of sp³-hybridized carbons (Fsp3) is 0.538. The van der Waals surface area contributed by atoms with Gasteiger partial charge in [-0.2, -0.15) is 0 Å². The highest BCUT2D eigenvalue weighted by Crippen LogP contribution is 2.05. The molecular weight excluding hydrogens is 268 g/mol. The van der Waals surface area contributed by atoms with Gasteiger partial charge in [-0.25, -0.2) is 8.78 Å². The predicted molar refractivity (Wildman–Crippen MR) is 67.9 cm³/mol. The molecule has 0 aromatic carbocycles. The number of amides is 1. The Kier molecular flexibility index (Phi) is 5.37. The summed E-state index contributed by atoms with van der Waals surface area (Å²) in [7, 11) is 0. The van der Waals surface area contributed by atoms with Crippen molar-refractivity contribution in [3.8, 4) is 0 Å². The lowest BCUT2D eigenvalue weighted by Gasteiger charge is -2.26. The van der Waals surface area contributed by atoms with Crippen molar-refractivity contribution in [2.45, 2.75) is 13.0 Å². The molecule has 5 nitrogen and oxygen atoms in total. The minimum absolute atomic E-state index is 0.0334. The first-order valence-corrected chi connectivity index (χ1v) is 6.52. The van der Waals surface area contributed by atoms with Crippen LogP contribution in [0.15, 0.2) is 12.3 Å². The second kappa shape index (κ2) is 7.25. The summed E-state index contributed by atoms with van der Waals surface area (Å²) in [5, 5.41) is 2.58. The maximum absolute atomic E-state index is 13.3. The van der Waals surface area contributed by atoms with Gasteiger partial charge in [-0.05, 0) is 0 Å². The second-order valence-corrected chi connectivity index (χ2v) is 4.56. The first-order chi connectivity index (χ1) is 9.65. The number of pyridine rings is 1. The van der Waals surface area contributed by atoms with Gasteiger partial charge in [-0.1, -0.05) is 0 Å². The number of nitrogens with zero attached hydrogens (tertiary/aromatic N) is 2. The maximum atomic E-state index is 13.3. The Balaban J connectivity index is 1.71. The summed E-state index contributed by atoms with van der Waals surface area (Å²) in [6.07, 6.45) is 1.26. The summed E-state index contributed by atoms with van der Waals surface area (Å²) in [6.45, 7) is 3.63. The molecule has 2 heterocycles. The summed E-state index contributed by atoms with van der Waals surface area (Å²) in [5.41, 5.74) is 0.0334. The third-order valence-electron chi connectivity index (χ3n) is 3.10. The summed E-state index contributed by atoms with van der Waals surface area (Å²) in [4.78, 5) is 17.4. The van der Waals surface area contributed by atoms with Crippen LogP contribution in [0, 0.1) is 11.6 Å². The summed E-state index contributed by atoms with van der Waals surface area (Å²) in [6, 6.07) is 0.752. The van der Waals surface area contributed by atoms with E-state index in [1.54, 1.807) is 0 Å². The number of hydrogen-bond acceptors (Lipinski definition) is 4. The second-order valence-electron chi connectivity index (χ2n) is 4.56. The molecule has 1 saturated heterocycles.